The molecule has 3 aromatic heterocycles. The Bertz CT molecular complexity index is 1200. The van der Waals surface area contributed by atoms with E-state index in [4.69, 9.17) is 16.7 Å². The Morgan fingerprint density at radius 1 is 1.15 bits per heavy atom. The lowest BCUT2D eigenvalue weighted by molar-refractivity contribution is 0.701. The van der Waals surface area contributed by atoms with Crippen LogP contribution in [0.2, 0.25) is 0 Å². The molecule has 132 valence electrons. The summed E-state index contributed by atoms with van der Waals surface area (Å²) in [7, 11) is 0. The topological polar surface area (TPSA) is 132 Å². The molecule has 0 aliphatic heterocycles. The number of nitrogens with two attached hydrogens (primary N) is 2. The molecule has 4 N–H and O–H groups in total. The van der Waals surface area contributed by atoms with E-state index in [1.807, 2.05) is 25.1 Å². The number of fused-ring (bicyclic) bond motifs is 1. The maximum atomic E-state index is 9.13. The van der Waals surface area contributed by atoms with Crippen LogP contribution in [0.25, 0.3) is 22.4 Å². The van der Waals surface area contributed by atoms with Crippen molar-refractivity contribution in [3.05, 3.63) is 59.4 Å². The molecule has 0 aliphatic carbocycles. The lowest BCUT2D eigenvalue weighted by Crippen LogP contribution is -2.06. The van der Waals surface area contributed by atoms with Gasteiger partial charge in [0, 0.05) is 11.9 Å². The molecule has 0 unspecified atom stereocenters. The minimum Gasteiger partial charge on any atom is -0.399 e. The first-order valence-electron chi connectivity index (χ1n) is 8.25. The fraction of sp³-hybridized carbons (Fsp3) is 0.105. The fourth-order valence-corrected chi connectivity index (χ4v) is 2.97. The third kappa shape index (κ3) is 3.02. The number of nitrogens with zero attached hydrogens (tertiary/aromatic N) is 6. The molecule has 0 spiro atoms. The molecule has 8 nitrogen and oxygen atoms in total. The molecule has 0 saturated heterocycles. The Balaban J connectivity index is 1.84. The van der Waals surface area contributed by atoms with Gasteiger partial charge in [0.25, 0.3) is 0 Å². The van der Waals surface area contributed by atoms with Crippen LogP contribution >= 0.6 is 0 Å². The van der Waals surface area contributed by atoms with E-state index >= 15 is 0 Å². The van der Waals surface area contributed by atoms with Crippen molar-refractivity contribution in [1.29, 1.82) is 5.26 Å². The molecule has 4 rings (SSSR count). The van der Waals surface area contributed by atoms with Gasteiger partial charge in [0.05, 0.1) is 35.5 Å². The number of aryl methyl sites for hydroxylation is 1. The average molecular weight is 356 g/mol. The molecule has 4 aromatic rings. The molecule has 0 radical (unpaired) electrons. The predicted molar refractivity (Wildman–Crippen MR) is 102 cm³/mol. The van der Waals surface area contributed by atoms with E-state index in [9.17, 15) is 0 Å². The van der Waals surface area contributed by atoms with Crippen LogP contribution in [0.3, 0.4) is 0 Å². The lowest BCUT2D eigenvalue weighted by Gasteiger charge is -2.09. The first kappa shape index (κ1) is 16.5. The molecule has 0 saturated carbocycles. The summed E-state index contributed by atoms with van der Waals surface area (Å²) in [6.07, 6.45) is 3.26. The van der Waals surface area contributed by atoms with Crippen LogP contribution in [0.1, 0.15) is 16.7 Å². The maximum absolute atomic E-state index is 9.13. The van der Waals surface area contributed by atoms with E-state index in [-0.39, 0.29) is 5.95 Å². The molecule has 0 amide bonds. The van der Waals surface area contributed by atoms with Gasteiger partial charge < -0.3 is 11.5 Å². The highest BCUT2D eigenvalue weighted by atomic mass is 15.3. The molecule has 1 aromatic carbocycles. The molecular formula is C19H16N8. The second kappa shape index (κ2) is 6.38. The van der Waals surface area contributed by atoms with Gasteiger partial charge in [0.15, 0.2) is 5.65 Å². The van der Waals surface area contributed by atoms with E-state index in [0.29, 0.717) is 29.1 Å². The van der Waals surface area contributed by atoms with E-state index in [2.05, 4.69) is 26.1 Å². The van der Waals surface area contributed by atoms with Crippen molar-refractivity contribution in [2.24, 2.45) is 0 Å². The SMILES string of the molecule is Cc1cc(N)ccc1Cn1ncc2c(-c3cc(C#N)ccn3)nc(N)nc21. The maximum Gasteiger partial charge on any atom is 0.222 e. The van der Waals surface area contributed by atoms with Crippen molar-refractivity contribution >= 4 is 22.7 Å². The summed E-state index contributed by atoms with van der Waals surface area (Å²) in [6.45, 7) is 2.53. The molecule has 0 bridgehead atoms. The van der Waals surface area contributed by atoms with Crippen LogP contribution in [0.5, 0.6) is 0 Å². The smallest absolute Gasteiger partial charge is 0.222 e. The summed E-state index contributed by atoms with van der Waals surface area (Å²) >= 11 is 0. The molecule has 0 aliphatic rings. The first-order chi connectivity index (χ1) is 13.0. The number of hydrogen-bond donors (Lipinski definition) is 2. The van der Waals surface area contributed by atoms with E-state index in [0.717, 1.165) is 22.2 Å². The van der Waals surface area contributed by atoms with Crippen LogP contribution < -0.4 is 11.5 Å². The monoisotopic (exact) mass is 356 g/mol. The average Bonchev–Trinajstić information content (AvgIpc) is 3.06. The van der Waals surface area contributed by atoms with Gasteiger partial charge in [0.2, 0.25) is 5.95 Å². The standard InChI is InChI=1S/C19H16N8/c1-11-6-14(21)3-2-13(11)10-27-18-15(9-24-27)17(25-19(22)26-18)16-7-12(8-20)4-5-23-16/h2-7,9H,10,21H2,1H3,(H2,22,25,26). The number of pyridine rings is 1. The quantitative estimate of drug-likeness (QED) is 0.538. The fourth-order valence-electron chi connectivity index (χ4n) is 2.97. The van der Waals surface area contributed by atoms with Crippen molar-refractivity contribution in [3.8, 4) is 17.5 Å². The second-order valence-electron chi connectivity index (χ2n) is 6.20. The third-order valence-corrected chi connectivity index (χ3v) is 4.33. The van der Waals surface area contributed by atoms with Crippen molar-refractivity contribution in [3.63, 3.8) is 0 Å². The summed E-state index contributed by atoms with van der Waals surface area (Å²) in [5, 5.41) is 14.3. The zero-order valence-electron chi connectivity index (χ0n) is 14.6. The highest BCUT2D eigenvalue weighted by Gasteiger charge is 2.15. The van der Waals surface area contributed by atoms with Crippen LogP contribution in [-0.2, 0) is 6.54 Å². The van der Waals surface area contributed by atoms with Gasteiger partial charge in [-0.2, -0.15) is 15.3 Å². The van der Waals surface area contributed by atoms with Crippen LogP contribution in [-0.4, -0.2) is 24.7 Å². The van der Waals surface area contributed by atoms with Crippen molar-refractivity contribution in [2.75, 3.05) is 11.5 Å². The Morgan fingerprint density at radius 3 is 2.78 bits per heavy atom. The lowest BCUT2D eigenvalue weighted by atomic mass is 10.1. The summed E-state index contributed by atoms with van der Waals surface area (Å²) in [5.74, 6) is 0.123. The van der Waals surface area contributed by atoms with Gasteiger partial charge >= 0.3 is 0 Å². The molecular weight excluding hydrogens is 340 g/mol. The van der Waals surface area contributed by atoms with Gasteiger partial charge in [-0.05, 0) is 42.3 Å². The number of benzene rings is 1. The van der Waals surface area contributed by atoms with Crippen LogP contribution in [0.15, 0.2) is 42.7 Å². The third-order valence-electron chi connectivity index (χ3n) is 4.33. The molecule has 8 heteroatoms. The number of nitriles is 1. The van der Waals surface area contributed by atoms with Crippen LogP contribution in [0, 0.1) is 18.3 Å². The normalized spacial score (nSPS) is 10.8. The number of hydrogen-bond acceptors (Lipinski definition) is 7. The Kier molecular flexibility index (Phi) is 3.90. The molecule has 0 atom stereocenters. The van der Waals surface area contributed by atoms with Gasteiger partial charge in [-0.15, -0.1) is 0 Å². The molecule has 0 fully saturated rings. The van der Waals surface area contributed by atoms with E-state index in [1.54, 1.807) is 29.2 Å². The number of aromatic nitrogens is 5. The van der Waals surface area contributed by atoms with Gasteiger partial charge in [0.1, 0.15) is 5.69 Å². The Labute approximate surface area is 155 Å². The van der Waals surface area contributed by atoms with Crippen molar-refractivity contribution in [1.82, 2.24) is 24.7 Å². The largest absolute Gasteiger partial charge is 0.399 e. The van der Waals surface area contributed by atoms with Gasteiger partial charge in [-0.1, -0.05) is 6.07 Å². The van der Waals surface area contributed by atoms with E-state index in [1.165, 1.54) is 0 Å². The molecule has 3 heterocycles. The van der Waals surface area contributed by atoms with E-state index < -0.39 is 0 Å². The summed E-state index contributed by atoms with van der Waals surface area (Å²) in [6, 6.07) is 11.2. The minimum atomic E-state index is 0.123. The Morgan fingerprint density at radius 2 is 2.00 bits per heavy atom. The van der Waals surface area contributed by atoms with Crippen LogP contribution in [0.4, 0.5) is 11.6 Å². The number of nitrogen functional groups attached to an aromatic ring is 2. The highest BCUT2D eigenvalue weighted by Crippen LogP contribution is 2.26. The summed E-state index contributed by atoms with van der Waals surface area (Å²) in [4.78, 5) is 13.0. The zero-order chi connectivity index (χ0) is 19.0. The minimum absolute atomic E-state index is 0.123. The second-order valence-corrected chi connectivity index (χ2v) is 6.20. The van der Waals surface area contributed by atoms with Crippen molar-refractivity contribution in [2.45, 2.75) is 13.5 Å². The van der Waals surface area contributed by atoms with Crippen molar-refractivity contribution < 1.29 is 0 Å². The molecule has 27 heavy (non-hydrogen) atoms. The highest BCUT2D eigenvalue weighted by molar-refractivity contribution is 5.90. The van der Waals surface area contributed by atoms with Gasteiger partial charge in [-0.3, -0.25) is 4.98 Å². The number of anilines is 2. The first-order valence-corrected chi connectivity index (χ1v) is 8.25. The zero-order valence-corrected chi connectivity index (χ0v) is 14.6. The summed E-state index contributed by atoms with van der Waals surface area (Å²) in [5.41, 5.74) is 16.8. The van der Waals surface area contributed by atoms with Gasteiger partial charge in [-0.25, -0.2) is 9.67 Å². The summed E-state index contributed by atoms with van der Waals surface area (Å²) < 4.78 is 1.77. The Hall–Kier alpha value is -3.99. The predicted octanol–water partition coefficient (Wildman–Crippen LogP) is 2.28. The number of rotatable bonds is 3.